The lowest BCUT2D eigenvalue weighted by atomic mass is 10.2. The smallest absolute Gasteiger partial charge is 0.362 e. The van der Waals surface area contributed by atoms with Crippen LogP contribution in [0.15, 0.2) is 42.7 Å². The van der Waals surface area contributed by atoms with Crippen molar-refractivity contribution in [2.75, 3.05) is 0 Å². The Bertz CT molecular complexity index is 896. The zero-order valence-electron chi connectivity index (χ0n) is 11.6. The molecule has 0 aliphatic carbocycles. The Morgan fingerprint density at radius 3 is 2.78 bits per heavy atom. The number of carbonyl (C=O) groups is 1. The third kappa shape index (κ3) is 3.48. The fourth-order valence-corrected chi connectivity index (χ4v) is 1.68. The van der Waals surface area contributed by atoms with E-state index in [0.717, 1.165) is 0 Å². The Balaban J connectivity index is 1.82. The average Bonchev–Trinajstić information content (AvgIpc) is 3.03. The van der Waals surface area contributed by atoms with Gasteiger partial charge >= 0.3 is 5.97 Å². The van der Waals surface area contributed by atoms with E-state index in [4.69, 9.17) is 9.84 Å². The molecule has 0 radical (unpaired) electrons. The van der Waals surface area contributed by atoms with Crippen molar-refractivity contribution in [3.8, 4) is 23.5 Å². The third-order valence-corrected chi connectivity index (χ3v) is 2.66. The number of carboxylic acid groups (broad SMARTS) is 1. The molecule has 112 valence electrons. The molecular formula is C15H9N5O3. The number of aromatic carboxylic acids is 1. The topological polar surface area (TPSA) is 114 Å². The van der Waals surface area contributed by atoms with Gasteiger partial charge in [0.25, 0.3) is 5.88 Å². The minimum atomic E-state index is -1.23. The molecule has 0 saturated heterocycles. The number of hydrogen-bond acceptors (Lipinski definition) is 6. The highest BCUT2D eigenvalue weighted by Gasteiger charge is 2.16. The van der Waals surface area contributed by atoms with E-state index in [9.17, 15) is 4.79 Å². The van der Waals surface area contributed by atoms with Gasteiger partial charge in [0.05, 0.1) is 0 Å². The van der Waals surface area contributed by atoms with Crippen LogP contribution < -0.4 is 4.74 Å². The van der Waals surface area contributed by atoms with Gasteiger partial charge < -0.3 is 9.84 Å². The molecule has 2 aromatic heterocycles. The summed E-state index contributed by atoms with van der Waals surface area (Å²) in [5, 5.41) is 18.2. The number of aromatic amines is 1. The van der Waals surface area contributed by atoms with Crippen molar-refractivity contribution in [2.24, 2.45) is 0 Å². The molecule has 0 atom stereocenters. The molecule has 0 amide bonds. The van der Waals surface area contributed by atoms with E-state index in [1.807, 2.05) is 0 Å². The van der Waals surface area contributed by atoms with E-state index in [1.165, 1.54) is 0 Å². The molecule has 8 nitrogen and oxygen atoms in total. The lowest BCUT2D eigenvalue weighted by Crippen LogP contribution is -1.99. The quantitative estimate of drug-likeness (QED) is 0.704. The molecule has 0 saturated carbocycles. The zero-order chi connectivity index (χ0) is 16.1. The largest absolute Gasteiger partial charge is 0.476 e. The van der Waals surface area contributed by atoms with E-state index < -0.39 is 5.97 Å². The summed E-state index contributed by atoms with van der Waals surface area (Å²) in [6, 6.07) is 8.54. The molecule has 0 unspecified atom stereocenters. The number of nitrogens with one attached hydrogen (secondary N) is 1. The normalized spacial score (nSPS) is 9.74. The maximum atomic E-state index is 11.0. The minimum absolute atomic E-state index is 0.0472. The highest BCUT2D eigenvalue weighted by molar-refractivity contribution is 5.87. The number of nitrogens with zero attached hydrogens (tertiary/aromatic N) is 4. The van der Waals surface area contributed by atoms with Crippen molar-refractivity contribution in [1.29, 1.82) is 0 Å². The number of carboxylic acids is 1. The molecule has 0 spiro atoms. The average molecular weight is 307 g/mol. The molecule has 0 aliphatic heterocycles. The summed E-state index contributed by atoms with van der Waals surface area (Å²) in [7, 11) is 0. The van der Waals surface area contributed by atoms with Crippen LogP contribution in [-0.2, 0) is 0 Å². The fraction of sp³-hybridized carbons (Fsp3) is 0. The Kier molecular flexibility index (Phi) is 3.93. The van der Waals surface area contributed by atoms with Gasteiger partial charge in [0.1, 0.15) is 5.75 Å². The van der Waals surface area contributed by atoms with Gasteiger partial charge in [-0.2, -0.15) is 0 Å². The van der Waals surface area contributed by atoms with E-state index >= 15 is 0 Å². The predicted octanol–water partition coefficient (Wildman–Crippen LogP) is 1.48. The summed E-state index contributed by atoms with van der Waals surface area (Å²) in [5.74, 6) is 5.26. The Labute approximate surface area is 130 Å². The van der Waals surface area contributed by atoms with Crippen LogP contribution in [0.5, 0.6) is 11.6 Å². The molecular weight excluding hydrogens is 298 g/mol. The van der Waals surface area contributed by atoms with E-state index in [2.05, 4.69) is 37.2 Å². The molecule has 2 heterocycles. The van der Waals surface area contributed by atoms with Crippen molar-refractivity contribution in [2.45, 2.75) is 0 Å². The van der Waals surface area contributed by atoms with Crippen LogP contribution in [0.4, 0.5) is 0 Å². The van der Waals surface area contributed by atoms with Crippen molar-refractivity contribution >= 4 is 5.97 Å². The van der Waals surface area contributed by atoms with Gasteiger partial charge in [-0.15, -0.1) is 5.10 Å². The Morgan fingerprint density at radius 1 is 1.17 bits per heavy atom. The zero-order valence-corrected chi connectivity index (χ0v) is 11.6. The molecule has 23 heavy (non-hydrogen) atoms. The molecule has 2 N–H and O–H groups in total. The van der Waals surface area contributed by atoms with Gasteiger partial charge in [-0.05, 0) is 30.2 Å². The van der Waals surface area contributed by atoms with Crippen molar-refractivity contribution in [1.82, 2.24) is 25.4 Å². The van der Waals surface area contributed by atoms with E-state index in [0.29, 0.717) is 17.1 Å². The number of ether oxygens (including phenoxy) is 1. The van der Waals surface area contributed by atoms with Crippen LogP contribution in [0.2, 0.25) is 0 Å². The van der Waals surface area contributed by atoms with Gasteiger partial charge in [-0.1, -0.05) is 17.2 Å². The molecule has 8 heteroatoms. The Hall–Kier alpha value is -3.73. The molecule has 3 rings (SSSR count). The standard InChI is InChI=1S/C15H9N5O3/c21-15(22)13-14(19-20-18-13)23-11-4-1-3-10(9-11)5-6-12-16-7-2-8-17-12/h1-4,7-9H,(H,21,22)(H,18,19,20). The lowest BCUT2D eigenvalue weighted by Gasteiger charge is -2.03. The number of hydrogen-bond donors (Lipinski definition) is 2. The summed E-state index contributed by atoms with van der Waals surface area (Å²) in [6.45, 7) is 0. The van der Waals surface area contributed by atoms with Crippen LogP contribution in [0.3, 0.4) is 0 Å². The highest BCUT2D eigenvalue weighted by Crippen LogP contribution is 2.22. The molecule has 3 aromatic rings. The van der Waals surface area contributed by atoms with Crippen LogP contribution in [-0.4, -0.2) is 36.5 Å². The maximum absolute atomic E-state index is 11.0. The second-order valence-corrected chi connectivity index (χ2v) is 4.25. The number of benzene rings is 1. The second-order valence-electron chi connectivity index (χ2n) is 4.25. The first-order chi connectivity index (χ1) is 11.2. The second kappa shape index (κ2) is 6.36. The monoisotopic (exact) mass is 307 g/mol. The van der Waals surface area contributed by atoms with Gasteiger partial charge in [-0.3, -0.25) is 0 Å². The molecule has 0 aliphatic rings. The predicted molar refractivity (Wildman–Crippen MR) is 77.9 cm³/mol. The summed E-state index contributed by atoms with van der Waals surface area (Å²) >= 11 is 0. The van der Waals surface area contributed by atoms with Gasteiger partial charge in [0, 0.05) is 18.0 Å². The number of rotatable bonds is 3. The lowest BCUT2D eigenvalue weighted by molar-refractivity contribution is 0.0687. The number of H-pyrrole nitrogens is 1. The van der Waals surface area contributed by atoms with Crippen LogP contribution in [0, 0.1) is 11.8 Å². The van der Waals surface area contributed by atoms with Crippen LogP contribution in [0.1, 0.15) is 21.9 Å². The molecule has 0 fully saturated rings. The van der Waals surface area contributed by atoms with Crippen molar-refractivity contribution in [3.05, 3.63) is 59.8 Å². The van der Waals surface area contributed by atoms with Gasteiger partial charge in [0.2, 0.25) is 11.5 Å². The van der Waals surface area contributed by atoms with E-state index in [-0.39, 0.29) is 11.6 Å². The maximum Gasteiger partial charge on any atom is 0.362 e. The van der Waals surface area contributed by atoms with Crippen LogP contribution in [0.25, 0.3) is 0 Å². The fourth-order valence-electron chi connectivity index (χ4n) is 1.68. The summed E-state index contributed by atoms with van der Waals surface area (Å²) in [4.78, 5) is 19.0. The van der Waals surface area contributed by atoms with Gasteiger partial charge in [-0.25, -0.2) is 19.9 Å². The van der Waals surface area contributed by atoms with Crippen molar-refractivity contribution in [3.63, 3.8) is 0 Å². The number of aromatic nitrogens is 5. The van der Waals surface area contributed by atoms with Crippen LogP contribution >= 0.6 is 0 Å². The first-order valence-corrected chi connectivity index (χ1v) is 6.43. The van der Waals surface area contributed by atoms with Crippen molar-refractivity contribution < 1.29 is 14.6 Å². The SMILES string of the molecule is O=C(O)c1nn[nH]c1Oc1cccc(C#Cc2ncccn2)c1. The van der Waals surface area contributed by atoms with E-state index in [1.54, 1.807) is 42.7 Å². The summed E-state index contributed by atoms with van der Waals surface area (Å²) < 4.78 is 5.44. The van der Waals surface area contributed by atoms with Gasteiger partial charge in [0.15, 0.2) is 0 Å². The molecule has 1 aromatic carbocycles. The third-order valence-electron chi connectivity index (χ3n) is 2.66. The highest BCUT2D eigenvalue weighted by atomic mass is 16.5. The first-order valence-electron chi connectivity index (χ1n) is 6.43. The summed E-state index contributed by atoms with van der Waals surface area (Å²) in [5.41, 5.74) is 0.374. The first kappa shape index (κ1) is 14.2. The molecule has 0 bridgehead atoms. The summed E-state index contributed by atoms with van der Waals surface area (Å²) in [6.07, 6.45) is 3.21. The Morgan fingerprint density at radius 2 is 2.00 bits per heavy atom. The minimum Gasteiger partial charge on any atom is -0.476 e.